The third-order valence-electron chi connectivity index (χ3n) is 5.12. The zero-order valence-corrected chi connectivity index (χ0v) is 14.0. The van der Waals surface area contributed by atoms with Gasteiger partial charge in [-0.3, -0.25) is 9.36 Å². The van der Waals surface area contributed by atoms with Gasteiger partial charge in [0.15, 0.2) is 0 Å². The summed E-state index contributed by atoms with van der Waals surface area (Å²) in [5.74, 6) is 0.503. The van der Waals surface area contributed by atoms with Crippen LogP contribution in [0.3, 0.4) is 0 Å². The first-order chi connectivity index (χ1) is 12.2. The molecule has 0 bridgehead atoms. The molecule has 0 atom stereocenters. The lowest BCUT2D eigenvalue weighted by atomic mass is 9.87. The van der Waals surface area contributed by atoms with Gasteiger partial charge < -0.3 is 5.32 Å². The first-order valence-corrected chi connectivity index (χ1v) is 8.83. The number of hydrogen-bond donors (Lipinski definition) is 1. The maximum absolute atomic E-state index is 12.9. The van der Waals surface area contributed by atoms with E-state index in [1.165, 1.54) is 0 Å². The highest BCUT2D eigenvalue weighted by Gasteiger charge is 2.27. The van der Waals surface area contributed by atoms with Crippen molar-refractivity contribution in [3.05, 3.63) is 35.7 Å². The first kappa shape index (κ1) is 15.8. The van der Waals surface area contributed by atoms with Gasteiger partial charge in [-0.05, 0) is 44.9 Å². The molecule has 2 aromatic heterocycles. The quantitative estimate of drug-likeness (QED) is 0.924. The van der Waals surface area contributed by atoms with Gasteiger partial charge >= 0.3 is 0 Å². The fourth-order valence-corrected chi connectivity index (χ4v) is 3.72. The second kappa shape index (κ2) is 6.63. The second-order valence-electron chi connectivity index (χ2n) is 6.77. The van der Waals surface area contributed by atoms with Crippen LogP contribution in [0, 0.1) is 17.2 Å². The molecule has 1 fully saturated rings. The van der Waals surface area contributed by atoms with Gasteiger partial charge in [0.05, 0.1) is 6.07 Å². The summed E-state index contributed by atoms with van der Waals surface area (Å²) in [6.07, 6.45) is 11.2. The summed E-state index contributed by atoms with van der Waals surface area (Å²) in [6.45, 7) is 0. The van der Waals surface area contributed by atoms with Crippen LogP contribution < -0.4 is 5.32 Å². The number of imidazole rings is 1. The molecule has 7 heteroatoms. The highest BCUT2D eigenvalue weighted by Crippen LogP contribution is 2.26. The van der Waals surface area contributed by atoms with Gasteiger partial charge in [-0.25, -0.2) is 15.0 Å². The second-order valence-corrected chi connectivity index (χ2v) is 6.77. The predicted octanol–water partition coefficient (Wildman–Crippen LogP) is 1.96. The number of amides is 1. The van der Waals surface area contributed by atoms with Crippen LogP contribution in [-0.4, -0.2) is 31.5 Å². The van der Waals surface area contributed by atoms with Gasteiger partial charge in [0.25, 0.3) is 5.91 Å². The molecule has 0 unspecified atom stereocenters. The van der Waals surface area contributed by atoms with Crippen LogP contribution in [0.1, 0.15) is 53.8 Å². The zero-order valence-electron chi connectivity index (χ0n) is 14.0. The van der Waals surface area contributed by atoms with Gasteiger partial charge in [-0.1, -0.05) is 0 Å². The minimum absolute atomic E-state index is 0.123. The van der Waals surface area contributed by atoms with E-state index in [2.05, 4.69) is 26.3 Å². The minimum atomic E-state index is -0.123. The molecule has 0 spiro atoms. The predicted molar refractivity (Wildman–Crippen MR) is 90.0 cm³/mol. The Bertz CT molecular complexity index is 815. The molecule has 1 N–H and O–H groups in total. The normalized spacial score (nSPS) is 22.2. The van der Waals surface area contributed by atoms with E-state index in [4.69, 9.17) is 5.26 Å². The summed E-state index contributed by atoms with van der Waals surface area (Å²) in [5.41, 5.74) is 2.44. The lowest BCUT2D eigenvalue weighted by Gasteiger charge is -2.25. The third kappa shape index (κ3) is 3.12. The van der Waals surface area contributed by atoms with Crippen molar-refractivity contribution < 1.29 is 4.79 Å². The lowest BCUT2D eigenvalue weighted by Crippen LogP contribution is -2.38. The Kier molecular flexibility index (Phi) is 4.18. The smallest absolute Gasteiger partial charge is 0.270 e. The first-order valence-electron chi connectivity index (χ1n) is 8.83. The number of aromatic nitrogens is 4. The molecule has 128 valence electrons. The molecular formula is C18H20N6O. The molecule has 0 radical (unpaired) electrons. The van der Waals surface area contributed by atoms with E-state index in [1.54, 1.807) is 23.3 Å². The highest BCUT2D eigenvalue weighted by atomic mass is 16.2. The Morgan fingerprint density at radius 1 is 1.24 bits per heavy atom. The molecule has 2 aliphatic rings. The number of rotatable bonds is 3. The average Bonchev–Trinajstić information content (AvgIpc) is 3.32. The van der Waals surface area contributed by atoms with Crippen molar-refractivity contribution in [2.45, 2.75) is 51.0 Å². The van der Waals surface area contributed by atoms with Crippen molar-refractivity contribution in [3.63, 3.8) is 0 Å². The number of fused-ring (bicyclic) bond motifs is 1. The van der Waals surface area contributed by atoms with Crippen molar-refractivity contribution in [2.75, 3.05) is 0 Å². The number of hydrogen-bond acceptors (Lipinski definition) is 5. The Labute approximate surface area is 146 Å². The van der Waals surface area contributed by atoms with E-state index in [1.807, 2.05) is 0 Å². The molecule has 0 saturated heterocycles. The van der Waals surface area contributed by atoms with Crippen LogP contribution >= 0.6 is 0 Å². The average molecular weight is 336 g/mol. The molecule has 0 aromatic carbocycles. The molecule has 4 rings (SSSR count). The van der Waals surface area contributed by atoms with E-state index in [0.717, 1.165) is 56.2 Å². The van der Waals surface area contributed by atoms with Gasteiger partial charge in [0, 0.05) is 35.6 Å². The third-order valence-corrected chi connectivity index (χ3v) is 5.12. The van der Waals surface area contributed by atoms with E-state index in [0.29, 0.717) is 11.6 Å². The summed E-state index contributed by atoms with van der Waals surface area (Å²) in [5, 5.41) is 12.1. The maximum Gasteiger partial charge on any atom is 0.270 e. The van der Waals surface area contributed by atoms with E-state index in [-0.39, 0.29) is 17.9 Å². The minimum Gasteiger partial charge on any atom is -0.348 e. The van der Waals surface area contributed by atoms with E-state index >= 15 is 0 Å². The summed E-state index contributed by atoms with van der Waals surface area (Å²) < 4.78 is 1.73. The number of carbonyl (C=O) groups is 1. The van der Waals surface area contributed by atoms with Crippen LogP contribution in [0.5, 0.6) is 0 Å². The SMILES string of the molecule is N#CC1CCC(NC(=O)c2nc(-n3ccnc3)nc3c2CCC3)CC1. The summed E-state index contributed by atoms with van der Waals surface area (Å²) in [4.78, 5) is 26.0. The highest BCUT2D eigenvalue weighted by molar-refractivity contribution is 5.94. The molecule has 2 heterocycles. The molecule has 25 heavy (non-hydrogen) atoms. The van der Waals surface area contributed by atoms with Gasteiger partial charge in [0.1, 0.15) is 12.0 Å². The van der Waals surface area contributed by atoms with Crippen molar-refractivity contribution in [3.8, 4) is 12.0 Å². The van der Waals surface area contributed by atoms with Crippen LogP contribution in [-0.2, 0) is 12.8 Å². The standard InChI is InChI=1S/C18H20N6O/c19-10-12-4-6-13(7-5-12)21-17(25)16-14-2-1-3-15(14)22-18(23-16)24-9-8-20-11-24/h8-9,11-13H,1-7H2,(H,21,25). The number of nitrogens with one attached hydrogen (secondary N) is 1. The molecular weight excluding hydrogens is 316 g/mol. The van der Waals surface area contributed by atoms with Gasteiger partial charge in [0.2, 0.25) is 5.95 Å². The fraction of sp³-hybridized carbons (Fsp3) is 0.500. The van der Waals surface area contributed by atoms with Crippen molar-refractivity contribution >= 4 is 5.91 Å². The molecule has 7 nitrogen and oxygen atoms in total. The topological polar surface area (TPSA) is 96.5 Å². The van der Waals surface area contributed by atoms with Crippen molar-refractivity contribution in [1.82, 2.24) is 24.8 Å². The monoisotopic (exact) mass is 336 g/mol. The van der Waals surface area contributed by atoms with E-state index < -0.39 is 0 Å². The van der Waals surface area contributed by atoms with Gasteiger partial charge in [-0.15, -0.1) is 0 Å². The summed E-state index contributed by atoms with van der Waals surface area (Å²) in [7, 11) is 0. The molecule has 2 aromatic rings. The fourth-order valence-electron chi connectivity index (χ4n) is 3.72. The Hall–Kier alpha value is -2.75. The van der Waals surface area contributed by atoms with Crippen LogP contribution in [0.4, 0.5) is 0 Å². The Balaban J connectivity index is 1.57. The van der Waals surface area contributed by atoms with Crippen LogP contribution in [0.2, 0.25) is 0 Å². The lowest BCUT2D eigenvalue weighted by molar-refractivity contribution is 0.0918. The number of carbonyl (C=O) groups excluding carboxylic acids is 1. The summed E-state index contributed by atoms with van der Waals surface area (Å²) >= 11 is 0. The zero-order chi connectivity index (χ0) is 17.2. The van der Waals surface area contributed by atoms with E-state index in [9.17, 15) is 4.79 Å². The molecule has 1 amide bonds. The molecule has 1 saturated carbocycles. The number of nitriles is 1. The Morgan fingerprint density at radius 2 is 2.08 bits per heavy atom. The van der Waals surface area contributed by atoms with Crippen LogP contribution in [0.15, 0.2) is 18.7 Å². The van der Waals surface area contributed by atoms with Crippen molar-refractivity contribution in [1.29, 1.82) is 5.26 Å². The molecule has 0 aliphatic heterocycles. The summed E-state index contributed by atoms with van der Waals surface area (Å²) in [6, 6.07) is 2.45. The van der Waals surface area contributed by atoms with Crippen molar-refractivity contribution in [2.24, 2.45) is 5.92 Å². The number of nitrogens with zero attached hydrogens (tertiary/aromatic N) is 5. The number of aryl methyl sites for hydroxylation is 1. The molecule has 2 aliphatic carbocycles. The van der Waals surface area contributed by atoms with Gasteiger partial charge in [-0.2, -0.15) is 5.26 Å². The largest absolute Gasteiger partial charge is 0.348 e. The Morgan fingerprint density at radius 3 is 2.80 bits per heavy atom. The maximum atomic E-state index is 12.9. The van der Waals surface area contributed by atoms with Crippen LogP contribution in [0.25, 0.3) is 5.95 Å².